The fourth-order valence-corrected chi connectivity index (χ4v) is 2.64. The molecular weight excluding hydrogens is 482 g/mol. The quantitative estimate of drug-likeness (QED) is 0.144. The molecule has 11 heteroatoms. The summed E-state index contributed by atoms with van der Waals surface area (Å²) in [4.78, 5) is 61.7. The summed E-state index contributed by atoms with van der Waals surface area (Å²) in [6.07, 6.45) is 0.300. The first-order chi connectivity index (χ1) is 16.8. The van der Waals surface area contributed by atoms with Crippen LogP contribution in [-0.4, -0.2) is 66.3 Å². The van der Waals surface area contributed by atoms with E-state index in [0.29, 0.717) is 25.0 Å². The molecule has 0 saturated carbocycles. The van der Waals surface area contributed by atoms with Gasteiger partial charge in [-0.05, 0) is 74.7 Å². The normalized spacial score (nSPS) is 12.9. The van der Waals surface area contributed by atoms with E-state index in [-0.39, 0.29) is 17.9 Å². The fraction of sp³-hybridized carbons (Fsp3) is 0.654. The summed E-state index contributed by atoms with van der Waals surface area (Å²) in [5.41, 5.74) is -1.14. The van der Waals surface area contributed by atoms with Gasteiger partial charge in [0.25, 0.3) is 0 Å². The highest BCUT2D eigenvalue weighted by Gasteiger charge is 2.31. The number of amides is 3. The van der Waals surface area contributed by atoms with E-state index in [0.717, 1.165) is 0 Å². The molecule has 37 heavy (non-hydrogen) atoms. The summed E-state index contributed by atoms with van der Waals surface area (Å²) in [7, 11) is 0. The fourth-order valence-electron chi connectivity index (χ4n) is 2.64. The zero-order valence-corrected chi connectivity index (χ0v) is 23.4. The van der Waals surface area contributed by atoms with Gasteiger partial charge in [0.15, 0.2) is 0 Å². The molecule has 0 aliphatic heterocycles. The van der Waals surface area contributed by atoms with Gasteiger partial charge in [0.2, 0.25) is 11.8 Å². The van der Waals surface area contributed by atoms with Gasteiger partial charge < -0.3 is 30.2 Å². The molecule has 0 bridgehead atoms. The molecule has 210 valence electrons. The third kappa shape index (κ3) is 16.1. The summed E-state index contributed by atoms with van der Waals surface area (Å²) < 4.78 is 15.7. The number of nitrogens with one attached hydrogen (secondary N) is 3. The first-order valence-electron chi connectivity index (χ1n) is 12.1. The highest BCUT2D eigenvalue weighted by atomic mass is 16.6. The van der Waals surface area contributed by atoms with Gasteiger partial charge in [0.05, 0.1) is 0 Å². The molecule has 0 aliphatic rings. The lowest BCUT2D eigenvalue weighted by atomic mass is 10.1. The summed E-state index contributed by atoms with van der Waals surface area (Å²) in [5, 5.41) is 7.65. The molecule has 0 radical (unpaired) electrons. The minimum absolute atomic E-state index is 0.113. The number of hydrogen-bond acceptors (Lipinski definition) is 8. The van der Waals surface area contributed by atoms with Gasteiger partial charge in [-0.3, -0.25) is 9.59 Å². The number of hydrogen-bond donors (Lipinski definition) is 3. The number of alkyl carbamates (subject to hydrolysis) is 1. The van der Waals surface area contributed by atoms with Crippen molar-refractivity contribution < 1.29 is 38.2 Å². The summed E-state index contributed by atoms with van der Waals surface area (Å²) >= 11 is 0. The molecule has 0 rings (SSSR count). The van der Waals surface area contributed by atoms with E-state index < -0.39 is 53.8 Å². The first kappa shape index (κ1) is 33.6. The van der Waals surface area contributed by atoms with E-state index in [1.54, 1.807) is 48.5 Å². The molecule has 0 heterocycles. The largest absolute Gasteiger partial charge is 0.460 e. The Labute approximate surface area is 219 Å². The van der Waals surface area contributed by atoms with Crippen LogP contribution in [0.4, 0.5) is 4.79 Å². The predicted octanol–water partition coefficient (Wildman–Crippen LogP) is 2.69. The second kappa shape index (κ2) is 15.0. The molecule has 2 atom stereocenters. The second-order valence-electron chi connectivity index (χ2n) is 10.7. The maximum absolute atomic E-state index is 13.1. The van der Waals surface area contributed by atoms with Gasteiger partial charge >= 0.3 is 18.0 Å². The van der Waals surface area contributed by atoms with E-state index in [1.165, 1.54) is 6.92 Å². The van der Waals surface area contributed by atoms with E-state index in [1.807, 2.05) is 0 Å². The molecule has 0 aromatic carbocycles. The van der Waals surface area contributed by atoms with E-state index in [9.17, 15) is 24.0 Å². The van der Waals surface area contributed by atoms with Crippen molar-refractivity contribution in [2.45, 2.75) is 97.9 Å². The SMILES string of the molecule is C=C(C)C(=O)NCCCC[C@H](NC(=O)[C@H](COC(=O)C(=C)C)NC(=O)OC(C)(C)C)C(=O)OC(C)(C)C. The van der Waals surface area contributed by atoms with Gasteiger partial charge in [-0.25, -0.2) is 14.4 Å². The van der Waals surface area contributed by atoms with Crippen LogP contribution < -0.4 is 16.0 Å². The van der Waals surface area contributed by atoms with Crippen LogP contribution >= 0.6 is 0 Å². The Morgan fingerprint density at radius 3 is 1.84 bits per heavy atom. The zero-order valence-electron chi connectivity index (χ0n) is 23.4. The lowest BCUT2D eigenvalue weighted by Crippen LogP contribution is -2.55. The Morgan fingerprint density at radius 1 is 0.784 bits per heavy atom. The third-order valence-corrected chi connectivity index (χ3v) is 4.34. The van der Waals surface area contributed by atoms with Crippen LogP contribution in [-0.2, 0) is 33.4 Å². The van der Waals surface area contributed by atoms with Crippen LogP contribution in [0.15, 0.2) is 24.3 Å². The third-order valence-electron chi connectivity index (χ3n) is 4.34. The molecule has 11 nitrogen and oxygen atoms in total. The van der Waals surface area contributed by atoms with E-state index in [2.05, 4.69) is 29.1 Å². The molecule has 0 fully saturated rings. The topological polar surface area (TPSA) is 149 Å². The molecule has 3 N–H and O–H groups in total. The predicted molar refractivity (Wildman–Crippen MR) is 138 cm³/mol. The van der Waals surface area contributed by atoms with Crippen LogP contribution in [0, 0.1) is 0 Å². The van der Waals surface area contributed by atoms with Crippen molar-refractivity contribution in [2.75, 3.05) is 13.2 Å². The van der Waals surface area contributed by atoms with Gasteiger partial charge in [0, 0.05) is 17.7 Å². The van der Waals surface area contributed by atoms with Crippen LogP contribution in [0.25, 0.3) is 0 Å². The Hall–Kier alpha value is -3.37. The number of esters is 2. The monoisotopic (exact) mass is 525 g/mol. The molecule has 0 spiro atoms. The maximum atomic E-state index is 13.1. The average Bonchev–Trinajstić information content (AvgIpc) is 2.72. The number of rotatable bonds is 13. The number of carbonyl (C=O) groups is 5. The lowest BCUT2D eigenvalue weighted by Gasteiger charge is -2.27. The molecule has 3 amide bonds. The highest BCUT2D eigenvalue weighted by Crippen LogP contribution is 2.12. The van der Waals surface area contributed by atoms with Crippen LogP contribution in [0.3, 0.4) is 0 Å². The minimum atomic E-state index is -1.35. The summed E-state index contributed by atoms with van der Waals surface area (Å²) in [5.74, 6) is -2.45. The zero-order chi connectivity index (χ0) is 29.0. The first-order valence-corrected chi connectivity index (χ1v) is 12.1. The van der Waals surface area contributed by atoms with Crippen molar-refractivity contribution in [3.8, 4) is 0 Å². The van der Waals surface area contributed by atoms with E-state index in [4.69, 9.17) is 14.2 Å². The van der Waals surface area contributed by atoms with Crippen LogP contribution in [0.2, 0.25) is 0 Å². The maximum Gasteiger partial charge on any atom is 0.408 e. The Balaban J connectivity index is 5.49. The van der Waals surface area contributed by atoms with Crippen molar-refractivity contribution in [1.82, 2.24) is 16.0 Å². The number of carbonyl (C=O) groups excluding carboxylic acids is 5. The smallest absolute Gasteiger partial charge is 0.408 e. The molecule has 0 aromatic rings. The van der Waals surface area contributed by atoms with Crippen molar-refractivity contribution in [2.24, 2.45) is 0 Å². The molecule has 0 saturated heterocycles. The van der Waals surface area contributed by atoms with Crippen LogP contribution in [0.1, 0.15) is 74.7 Å². The Bertz CT molecular complexity index is 868. The number of ether oxygens (including phenoxy) is 3. The molecular formula is C26H43N3O8. The Kier molecular flexibility index (Phi) is 13.6. The average molecular weight is 526 g/mol. The molecule has 0 aromatic heterocycles. The standard InChI is InChI=1S/C26H43N3O8/c1-16(2)20(30)27-14-12-11-13-18(23(33)36-25(5,6)7)28-21(31)19(15-35-22(32)17(3)4)29-24(34)37-26(8,9)10/h18-19H,1,3,11-15H2,2,4-10H3,(H,27,30)(H,28,31)(H,29,34)/t18-,19-/m0/s1. The van der Waals surface area contributed by atoms with Crippen LogP contribution in [0.5, 0.6) is 0 Å². The summed E-state index contributed by atoms with van der Waals surface area (Å²) in [6.45, 7) is 20.0. The van der Waals surface area contributed by atoms with Gasteiger partial charge in [-0.2, -0.15) is 0 Å². The molecule has 0 aliphatic carbocycles. The lowest BCUT2D eigenvalue weighted by molar-refractivity contribution is -0.159. The van der Waals surface area contributed by atoms with Gasteiger partial charge in [-0.15, -0.1) is 0 Å². The molecule has 0 unspecified atom stereocenters. The van der Waals surface area contributed by atoms with E-state index >= 15 is 0 Å². The Morgan fingerprint density at radius 2 is 1.35 bits per heavy atom. The van der Waals surface area contributed by atoms with Crippen molar-refractivity contribution in [1.29, 1.82) is 0 Å². The van der Waals surface area contributed by atoms with Crippen molar-refractivity contribution in [3.05, 3.63) is 24.3 Å². The second-order valence-corrected chi connectivity index (χ2v) is 10.7. The highest BCUT2D eigenvalue weighted by molar-refractivity contribution is 5.92. The van der Waals surface area contributed by atoms with Gasteiger partial charge in [0.1, 0.15) is 29.9 Å². The number of unbranched alkanes of at least 4 members (excludes halogenated alkanes) is 1. The minimum Gasteiger partial charge on any atom is -0.460 e. The van der Waals surface area contributed by atoms with Crippen molar-refractivity contribution >= 4 is 29.8 Å². The summed E-state index contributed by atoms with van der Waals surface area (Å²) in [6, 6.07) is -2.40. The van der Waals surface area contributed by atoms with Gasteiger partial charge in [-0.1, -0.05) is 13.2 Å². The van der Waals surface area contributed by atoms with Crippen molar-refractivity contribution in [3.63, 3.8) is 0 Å².